The van der Waals surface area contributed by atoms with Crippen LogP contribution in [0.1, 0.15) is 49.4 Å². The van der Waals surface area contributed by atoms with Crippen molar-refractivity contribution in [2.45, 2.75) is 37.4 Å². The number of hydrogen-bond acceptors (Lipinski definition) is 2. The molecule has 1 nitrogen and oxygen atoms in total. The minimum atomic E-state index is -0.327. The summed E-state index contributed by atoms with van der Waals surface area (Å²) < 4.78 is -0.327. The lowest BCUT2D eigenvalue weighted by molar-refractivity contribution is 0.660. The maximum atomic E-state index is 5.37. The van der Waals surface area contributed by atoms with E-state index in [2.05, 4.69) is 165 Å². The van der Waals surface area contributed by atoms with Crippen molar-refractivity contribution in [3.05, 3.63) is 162 Å². The quantitative estimate of drug-likeness (QED) is 0.197. The van der Waals surface area contributed by atoms with E-state index in [1.54, 1.807) is 0 Å². The fourth-order valence-corrected chi connectivity index (χ4v) is 7.95. The third-order valence-corrected chi connectivity index (χ3v) is 10.7. The predicted molar refractivity (Wildman–Crippen MR) is 190 cm³/mol. The zero-order valence-electron chi connectivity index (χ0n) is 25.4. The highest BCUT2D eigenvalue weighted by Crippen LogP contribution is 2.55. The van der Waals surface area contributed by atoms with E-state index in [0.29, 0.717) is 0 Å². The number of nitrogens with zero attached hydrogens (tertiary/aromatic N) is 1. The molecule has 2 aliphatic carbocycles. The first kappa shape index (κ1) is 27.0. The monoisotopic (exact) mass is 585 g/mol. The highest BCUT2D eigenvalue weighted by Gasteiger charge is 2.40. The van der Waals surface area contributed by atoms with E-state index >= 15 is 0 Å². The Balaban J connectivity index is 1.30. The molecule has 0 saturated heterocycles. The summed E-state index contributed by atoms with van der Waals surface area (Å²) in [6, 6.07) is 51.2. The zero-order valence-corrected chi connectivity index (χ0v) is 26.3. The molecule has 0 N–H and O–H groups in total. The lowest BCUT2D eigenvalue weighted by atomic mass is 9.82. The predicted octanol–water partition coefficient (Wildman–Crippen LogP) is 11.7. The first-order valence-electron chi connectivity index (χ1n) is 15.6. The Hall–Kier alpha value is -4.53. The minimum Gasteiger partial charge on any atom is -0.310 e. The van der Waals surface area contributed by atoms with Gasteiger partial charge in [0.1, 0.15) is 0 Å². The van der Waals surface area contributed by atoms with E-state index in [-0.39, 0.29) is 10.2 Å². The third-order valence-electron chi connectivity index (χ3n) is 9.94. The van der Waals surface area contributed by atoms with Crippen LogP contribution in [0.15, 0.2) is 140 Å². The first-order chi connectivity index (χ1) is 21.4. The van der Waals surface area contributed by atoms with E-state index in [4.69, 9.17) is 12.6 Å². The van der Waals surface area contributed by atoms with Crippen molar-refractivity contribution in [3.8, 4) is 33.4 Å². The molecule has 1 atom stereocenters. The van der Waals surface area contributed by atoms with Crippen molar-refractivity contribution in [2.24, 2.45) is 0 Å². The summed E-state index contributed by atoms with van der Waals surface area (Å²) in [5, 5.41) is 0. The third kappa shape index (κ3) is 3.94. The largest absolute Gasteiger partial charge is 0.310 e. The van der Waals surface area contributed by atoms with Crippen LogP contribution in [0.3, 0.4) is 0 Å². The van der Waals surface area contributed by atoms with E-state index in [0.717, 1.165) is 23.5 Å². The first-order valence-corrected chi connectivity index (χ1v) is 16.0. The summed E-state index contributed by atoms with van der Waals surface area (Å²) in [6.07, 6.45) is 0.917. The van der Waals surface area contributed by atoms with Gasteiger partial charge < -0.3 is 4.90 Å². The number of benzene rings is 6. The molecule has 0 radical (unpaired) electrons. The van der Waals surface area contributed by atoms with Crippen LogP contribution in [0.4, 0.5) is 17.1 Å². The van der Waals surface area contributed by atoms with Crippen LogP contribution in [0.2, 0.25) is 0 Å². The fraction of sp³-hybridized carbons (Fsp3) is 0.143. The summed E-state index contributed by atoms with van der Waals surface area (Å²) in [7, 11) is 0. The Kier molecular flexibility index (Phi) is 6.15. The van der Waals surface area contributed by atoms with Gasteiger partial charge in [-0.25, -0.2) is 0 Å². The molecule has 0 aromatic heterocycles. The summed E-state index contributed by atoms with van der Waals surface area (Å²) >= 11 is 5.37. The van der Waals surface area contributed by atoms with Gasteiger partial charge in [-0.1, -0.05) is 124 Å². The topological polar surface area (TPSA) is 3.24 Å². The Morgan fingerprint density at radius 2 is 0.955 bits per heavy atom. The van der Waals surface area contributed by atoms with Crippen LogP contribution in [-0.2, 0) is 10.2 Å². The molecule has 0 fully saturated rings. The number of fused-ring (bicyclic) bond motifs is 6. The van der Waals surface area contributed by atoms with Crippen molar-refractivity contribution < 1.29 is 0 Å². The molecule has 0 amide bonds. The molecule has 0 aliphatic heterocycles. The summed E-state index contributed by atoms with van der Waals surface area (Å²) in [5.74, 6) is 0. The van der Waals surface area contributed by atoms with Crippen molar-refractivity contribution >= 4 is 29.7 Å². The summed E-state index contributed by atoms with van der Waals surface area (Å²) in [6.45, 7) is 6.94. The van der Waals surface area contributed by atoms with E-state index in [9.17, 15) is 0 Å². The van der Waals surface area contributed by atoms with E-state index in [1.165, 1.54) is 55.6 Å². The van der Waals surface area contributed by atoms with Crippen LogP contribution >= 0.6 is 12.6 Å². The van der Waals surface area contributed by atoms with Gasteiger partial charge in [0.05, 0.1) is 4.75 Å². The highest BCUT2D eigenvalue weighted by molar-refractivity contribution is 7.81. The average molecular weight is 586 g/mol. The van der Waals surface area contributed by atoms with Crippen molar-refractivity contribution in [1.82, 2.24) is 0 Å². The summed E-state index contributed by atoms with van der Waals surface area (Å²) in [4.78, 5) is 2.42. The molecule has 2 aliphatic rings. The van der Waals surface area contributed by atoms with Gasteiger partial charge in [0.2, 0.25) is 0 Å². The Morgan fingerprint density at radius 3 is 1.61 bits per heavy atom. The Bertz CT molecular complexity index is 2040. The van der Waals surface area contributed by atoms with E-state index in [1.807, 2.05) is 0 Å². The lowest BCUT2D eigenvalue weighted by Gasteiger charge is -2.30. The van der Waals surface area contributed by atoms with Crippen LogP contribution in [0.25, 0.3) is 33.4 Å². The SMILES string of the molecule is CCC1(S)c2ccccc2-c2ccc(N(c3ccc(-c4ccccc4)cc3)c3ccc4c(c3)C(C)(C)c3ccccc3-4)cc21. The Labute approximate surface area is 266 Å². The van der Waals surface area contributed by atoms with Crippen LogP contribution in [0, 0.1) is 0 Å². The molecule has 0 saturated carbocycles. The van der Waals surface area contributed by atoms with E-state index < -0.39 is 0 Å². The van der Waals surface area contributed by atoms with Gasteiger partial charge in [0.15, 0.2) is 0 Å². The van der Waals surface area contributed by atoms with Crippen molar-refractivity contribution in [3.63, 3.8) is 0 Å². The molecule has 214 valence electrons. The molecule has 44 heavy (non-hydrogen) atoms. The number of anilines is 3. The molecule has 2 heteroatoms. The normalized spacial score (nSPS) is 17.0. The van der Waals surface area contributed by atoms with Crippen LogP contribution in [0.5, 0.6) is 0 Å². The van der Waals surface area contributed by atoms with Gasteiger partial charge in [0.25, 0.3) is 0 Å². The zero-order chi connectivity index (χ0) is 30.1. The maximum Gasteiger partial charge on any atom is 0.0637 e. The molecule has 0 heterocycles. The van der Waals surface area contributed by atoms with Gasteiger partial charge in [-0.15, -0.1) is 0 Å². The van der Waals surface area contributed by atoms with Gasteiger partial charge in [0, 0.05) is 22.5 Å². The molecule has 0 bridgehead atoms. The minimum absolute atomic E-state index is 0.0766. The van der Waals surface area contributed by atoms with Gasteiger partial charge >= 0.3 is 0 Å². The second-order valence-corrected chi connectivity index (χ2v) is 13.4. The Morgan fingerprint density at radius 1 is 0.477 bits per heavy atom. The lowest BCUT2D eigenvalue weighted by Crippen LogP contribution is -2.18. The number of hydrogen-bond donors (Lipinski definition) is 1. The number of rotatable bonds is 5. The van der Waals surface area contributed by atoms with Crippen LogP contribution in [-0.4, -0.2) is 0 Å². The van der Waals surface area contributed by atoms with Crippen LogP contribution < -0.4 is 4.90 Å². The molecular formula is C42H35NS. The van der Waals surface area contributed by atoms with Gasteiger partial charge in [-0.2, -0.15) is 12.6 Å². The second-order valence-electron chi connectivity index (χ2n) is 12.6. The average Bonchev–Trinajstić information content (AvgIpc) is 3.46. The molecule has 6 aromatic carbocycles. The number of thiol groups is 1. The standard InChI is InChI=1S/C42H35NS/c1-4-42(44)38-17-11-9-15-34(38)36-25-23-32(27-40(36)42)43(30-20-18-29(19-21-30)28-12-6-5-7-13-28)31-22-24-35-33-14-8-10-16-37(33)41(2,3)39(35)26-31/h5-27,44H,4H2,1-3H3. The summed E-state index contributed by atoms with van der Waals surface area (Å²) in [5.41, 5.74) is 16.4. The van der Waals surface area contributed by atoms with Gasteiger partial charge in [-0.05, 0) is 98.5 Å². The van der Waals surface area contributed by atoms with Gasteiger partial charge in [-0.3, -0.25) is 0 Å². The maximum absolute atomic E-state index is 5.37. The van der Waals surface area contributed by atoms with Crippen molar-refractivity contribution in [1.29, 1.82) is 0 Å². The van der Waals surface area contributed by atoms with Crippen molar-refractivity contribution in [2.75, 3.05) is 4.90 Å². The molecule has 8 rings (SSSR count). The molecule has 0 spiro atoms. The molecule has 6 aromatic rings. The molecule has 1 unspecified atom stereocenters. The second kappa shape index (κ2) is 10.0. The highest BCUT2D eigenvalue weighted by atomic mass is 32.1. The fourth-order valence-electron chi connectivity index (χ4n) is 7.57. The molecular weight excluding hydrogens is 551 g/mol. The smallest absolute Gasteiger partial charge is 0.0637 e.